The van der Waals surface area contributed by atoms with Crippen molar-refractivity contribution in [2.45, 2.75) is 38.8 Å². The van der Waals surface area contributed by atoms with E-state index in [0.29, 0.717) is 0 Å². The normalized spacial score (nSPS) is 48.5. The van der Waals surface area contributed by atoms with Gasteiger partial charge in [0.25, 0.3) is 0 Å². The summed E-state index contributed by atoms with van der Waals surface area (Å²) in [6, 6.07) is 1.51. The maximum atomic E-state index is 3.61. The van der Waals surface area contributed by atoms with Crippen LogP contribution in [0.2, 0.25) is 0 Å². The van der Waals surface area contributed by atoms with Crippen LogP contribution in [-0.4, -0.2) is 25.2 Å². The van der Waals surface area contributed by atoms with E-state index in [2.05, 4.69) is 24.5 Å². The smallest absolute Gasteiger partial charge is 0.0224 e. The van der Waals surface area contributed by atoms with Crippen molar-refractivity contribution in [3.05, 3.63) is 0 Å². The van der Waals surface area contributed by atoms with Crippen LogP contribution in [0.4, 0.5) is 0 Å². The van der Waals surface area contributed by atoms with E-state index in [1.54, 1.807) is 0 Å². The van der Waals surface area contributed by atoms with Crippen LogP contribution in [0, 0.1) is 11.8 Å². The number of fused-ring (bicyclic) bond motifs is 1. The maximum absolute atomic E-state index is 3.61. The van der Waals surface area contributed by atoms with Gasteiger partial charge in [-0.05, 0) is 24.7 Å². The highest BCUT2D eigenvalue weighted by molar-refractivity contribution is 4.93. The summed E-state index contributed by atoms with van der Waals surface area (Å²) in [6.45, 7) is 7.08. The lowest BCUT2D eigenvalue weighted by Crippen LogP contribution is -2.59. The van der Waals surface area contributed by atoms with E-state index in [9.17, 15) is 0 Å². The molecule has 4 unspecified atom stereocenters. The molecule has 0 spiro atoms. The third-order valence-corrected chi connectivity index (χ3v) is 3.65. The summed E-state index contributed by atoms with van der Waals surface area (Å²) in [5.74, 6) is 1.80. The van der Waals surface area contributed by atoms with Gasteiger partial charge in [-0.3, -0.25) is 0 Å². The highest BCUT2D eigenvalue weighted by Gasteiger charge is 2.33. The van der Waals surface area contributed by atoms with Crippen LogP contribution in [0.1, 0.15) is 26.7 Å². The van der Waals surface area contributed by atoms with Crippen molar-refractivity contribution >= 4 is 0 Å². The molecule has 1 saturated carbocycles. The van der Waals surface area contributed by atoms with Gasteiger partial charge in [-0.1, -0.05) is 13.8 Å². The van der Waals surface area contributed by atoms with Crippen LogP contribution in [-0.2, 0) is 0 Å². The first kappa shape index (κ1) is 8.52. The predicted molar refractivity (Wildman–Crippen MR) is 51.1 cm³/mol. The van der Waals surface area contributed by atoms with E-state index >= 15 is 0 Å². The summed E-state index contributed by atoms with van der Waals surface area (Å²) in [6.07, 6.45) is 2.72. The molecular weight excluding hydrogens is 148 g/mol. The van der Waals surface area contributed by atoms with Crippen molar-refractivity contribution < 1.29 is 0 Å². The number of piperazine rings is 1. The first-order chi connectivity index (χ1) is 5.77. The van der Waals surface area contributed by atoms with Crippen molar-refractivity contribution in [2.24, 2.45) is 11.8 Å². The highest BCUT2D eigenvalue weighted by Crippen LogP contribution is 2.30. The van der Waals surface area contributed by atoms with Gasteiger partial charge in [-0.15, -0.1) is 0 Å². The van der Waals surface area contributed by atoms with Gasteiger partial charge >= 0.3 is 0 Å². The molecule has 1 aliphatic carbocycles. The molecule has 1 heterocycles. The second kappa shape index (κ2) is 3.35. The van der Waals surface area contributed by atoms with Crippen LogP contribution in [0.25, 0.3) is 0 Å². The van der Waals surface area contributed by atoms with Crippen LogP contribution in [0.5, 0.6) is 0 Å². The van der Waals surface area contributed by atoms with E-state index in [0.717, 1.165) is 37.0 Å². The highest BCUT2D eigenvalue weighted by atomic mass is 15.1. The van der Waals surface area contributed by atoms with Gasteiger partial charge in [0.05, 0.1) is 0 Å². The van der Waals surface area contributed by atoms with E-state index in [1.165, 1.54) is 12.8 Å². The van der Waals surface area contributed by atoms with E-state index < -0.39 is 0 Å². The van der Waals surface area contributed by atoms with Gasteiger partial charge in [0, 0.05) is 25.2 Å². The van der Waals surface area contributed by atoms with Crippen molar-refractivity contribution in [1.82, 2.24) is 10.6 Å². The SMILES string of the molecule is CC1CC2NCCNC2CC1C. The Morgan fingerprint density at radius 1 is 0.833 bits per heavy atom. The molecule has 2 rings (SSSR count). The molecule has 0 amide bonds. The lowest BCUT2D eigenvalue weighted by atomic mass is 9.75. The van der Waals surface area contributed by atoms with Gasteiger partial charge in [0.15, 0.2) is 0 Å². The molecule has 4 atom stereocenters. The minimum absolute atomic E-state index is 0.755. The molecule has 0 aromatic carbocycles. The summed E-state index contributed by atoms with van der Waals surface area (Å²) < 4.78 is 0. The fourth-order valence-corrected chi connectivity index (χ4v) is 2.56. The average molecular weight is 168 g/mol. The van der Waals surface area contributed by atoms with E-state index in [-0.39, 0.29) is 0 Å². The Labute approximate surface area is 75.1 Å². The zero-order valence-corrected chi connectivity index (χ0v) is 8.14. The molecule has 2 heteroatoms. The summed E-state index contributed by atoms with van der Waals surface area (Å²) in [4.78, 5) is 0. The topological polar surface area (TPSA) is 24.1 Å². The van der Waals surface area contributed by atoms with Crippen molar-refractivity contribution in [3.8, 4) is 0 Å². The predicted octanol–water partition coefficient (Wildman–Crippen LogP) is 0.982. The standard InChI is InChI=1S/C10H20N2/c1-7-5-9-10(6-8(7)2)12-4-3-11-9/h7-12H,3-6H2,1-2H3. The summed E-state index contributed by atoms with van der Waals surface area (Å²) >= 11 is 0. The molecule has 12 heavy (non-hydrogen) atoms. The molecule has 1 saturated heterocycles. The number of hydrogen-bond donors (Lipinski definition) is 2. The minimum atomic E-state index is 0.755. The van der Waals surface area contributed by atoms with Crippen molar-refractivity contribution in [2.75, 3.05) is 13.1 Å². The first-order valence-electron chi connectivity index (χ1n) is 5.24. The summed E-state index contributed by atoms with van der Waals surface area (Å²) in [7, 11) is 0. The Balaban J connectivity index is 1.98. The van der Waals surface area contributed by atoms with Crippen LogP contribution >= 0.6 is 0 Å². The Kier molecular flexibility index (Phi) is 2.37. The van der Waals surface area contributed by atoms with Crippen molar-refractivity contribution in [1.29, 1.82) is 0 Å². The van der Waals surface area contributed by atoms with Gasteiger partial charge < -0.3 is 10.6 Å². The largest absolute Gasteiger partial charge is 0.311 e. The van der Waals surface area contributed by atoms with E-state index in [1.807, 2.05) is 0 Å². The lowest BCUT2D eigenvalue weighted by Gasteiger charge is -2.42. The van der Waals surface area contributed by atoms with Gasteiger partial charge in [-0.2, -0.15) is 0 Å². The molecule has 2 aliphatic rings. The maximum Gasteiger partial charge on any atom is 0.0224 e. The number of hydrogen-bond acceptors (Lipinski definition) is 2. The quantitative estimate of drug-likeness (QED) is 0.563. The molecule has 2 nitrogen and oxygen atoms in total. The first-order valence-corrected chi connectivity index (χ1v) is 5.24. The zero-order chi connectivity index (χ0) is 8.55. The van der Waals surface area contributed by atoms with Crippen LogP contribution in [0.15, 0.2) is 0 Å². The molecule has 1 aliphatic heterocycles. The van der Waals surface area contributed by atoms with E-state index in [4.69, 9.17) is 0 Å². The molecule has 0 radical (unpaired) electrons. The van der Waals surface area contributed by atoms with Gasteiger partial charge in [-0.25, -0.2) is 0 Å². The van der Waals surface area contributed by atoms with Crippen LogP contribution in [0.3, 0.4) is 0 Å². The minimum Gasteiger partial charge on any atom is -0.311 e. The van der Waals surface area contributed by atoms with Crippen LogP contribution < -0.4 is 10.6 Å². The summed E-state index contributed by atoms with van der Waals surface area (Å²) in [5.41, 5.74) is 0. The second-order valence-electron chi connectivity index (χ2n) is 4.55. The second-order valence-corrected chi connectivity index (χ2v) is 4.55. The Bertz CT molecular complexity index is 140. The lowest BCUT2D eigenvalue weighted by molar-refractivity contribution is 0.158. The third kappa shape index (κ3) is 1.50. The molecule has 0 aromatic rings. The van der Waals surface area contributed by atoms with Gasteiger partial charge in [0.2, 0.25) is 0 Å². The molecule has 0 aromatic heterocycles. The average Bonchev–Trinajstić information content (AvgIpc) is 2.07. The fourth-order valence-electron chi connectivity index (χ4n) is 2.56. The molecule has 70 valence electrons. The monoisotopic (exact) mass is 168 g/mol. The number of rotatable bonds is 0. The zero-order valence-electron chi connectivity index (χ0n) is 8.14. The molecule has 2 fully saturated rings. The Morgan fingerprint density at radius 3 is 1.67 bits per heavy atom. The fraction of sp³-hybridized carbons (Fsp3) is 1.00. The van der Waals surface area contributed by atoms with Gasteiger partial charge in [0.1, 0.15) is 0 Å². The molecule has 2 N–H and O–H groups in total. The third-order valence-electron chi connectivity index (χ3n) is 3.65. The molecule has 0 bridgehead atoms. The van der Waals surface area contributed by atoms with Crippen molar-refractivity contribution in [3.63, 3.8) is 0 Å². The Morgan fingerprint density at radius 2 is 1.25 bits per heavy atom. The Hall–Kier alpha value is -0.0800. The molecular formula is C10H20N2. The number of nitrogens with one attached hydrogen (secondary N) is 2. The summed E-state index contributed by atoms with van der Waals surface area (Å²) in [5, 5.41) is 7.22.